The second kappa shape index (κ2) is 6.45. The van der Waals surface area contributed by atoms with E-state index in [0.29, 0.717) is 29.7 Å². The number of benzene rings is 1. The Morgan fingerprint density at radius 2 is 2.00 bits per heavy atom. The first-order valence-corrected chi connectivity index (χ1v) is 9.83. The topological polar surface area (TPSA) is 95.2 Å². The number of fused-ring (bicyclic) bond motifs is 1. The van der Waals surface area contributed by atoms with Gasteiger partial charge < -0.3 is 9.88 Å². The number of carbonyl (C=O) groups is 1. The molecule has 0 saturated carbocycles. The van der Waals surface area contributed by atoms with Crippen molar-refractivity contribution in [2.45, 2.75) is 24.3 Å². The largest absolute Gasteiger partial charge is 0.345 e. The van der Waals surface area contributed by atoms with Crippen molar-refractivity contribution in [3.63, 3.8) is 0 Å². The molecule has 1 aliphatic heterocycles. The van der Waals surface area contributed by atoms with E-state index >= 15 is 0 Å². The molecule has 0 radical (unpaired) electrons. The molecule has 26 heavy (non-hydrogen) atoms. The molecule has 3 heterocycles. The first-order valence-electron chi connectivity index (χ1n) is 8.34. The smallest absolute Gasteiger partial charge is 0.264 e. The maximum atomic E-state index is 12.7. The molecule has 7 nitrogen and oxygen atoms in total. The minimum Gasteiger partial charge on any atom is -0.345 e. The molecule has 4 rings (SSSR count). The average molecular weight is 370 g/mol. The highest BCUT2D eigenvalue weighted by molar-refractivity contribution is 7.93. The van der Waals surface area contributed by atoms with Gasteiger partial charge in [0.15, 0.2) is 0 Å². The van der Waals surface area contributed by atoms with Gasteiger partial charge in [-0.3, -0.25) is 9.52 Å². The highest BCUT2D eigenvalue weighted by Gasteiger charge is 2.21. The Balaban J connectivity index is 1.52. The van der Waals surface area contributed by atoms with Crippen LogP contribution in [-0.4, -0.2) is 35.7 Å². The van der Waals surface area contributed by atoms with E-state index < -0.39 is 10.0 Å². The van der Waals surface area contributed by atoms with Crippen molar-refractivity contribution in [2.75, 3.05) is 11.3 Å². The molecule has 2 aromatic heterocycles. The molecule has 134 valence electrons. The van der Waals surface area contributed by atoms with Crippen LogP contribution in [0, 0.1) is 0 Å². The molecule has 2 N–H and O–H groups in total. The minimum absolute atomic E-state index is 0.160. The Labute approximate surface area is 151 Å². The van der Waals surface area contributed by atoms with Crippen molar-refractivity contribution in [1.29, 1.82) is 0 Å². The van der Waals surface area contributed by atoms with Gasteiger partial charge >= 0.3 is 0 Å². The van der Waals surface area contributed by atoms with Gasteiger partial charge in [0.25, 0.3) is 10.0 Å². The quantitative estimate of drug-likeness (QED) is 0.721. The monoisotopic (exact) mass is 370 g/mol. The first-order chi connectivity index (χ1) is 12.5. The summed E-state index contributed by atoms with van der Waals surface area (Å²) in [6.45, 7) is 1.34. The molecule has 0 bridgehead atoms. The van der Waals surface area contributed by atoms with E-state index in [-0.39, 0.29) is 10.8 Å². The summed E-state index contributed by atoms with van der Waals surface area (Å²) >= 11 is 0. The molecular weight excluding hydrogens is 352 g/mol. The SMILES string of the molecule is O=C1CCCN1Cc1ccc(NS(=O)(=O)c2c[nH]c3ncccc23)cc1. The van der Waals surface area contributed by atoms with Crippen molar-refractivity contribution in [3.05, 3.63) is 54.4 Å². The van der Waals surface area contributed by atoms with Gasteiger partial charge in [-0.15, -0.1) is 0 Å². The Bertz CT molecular complexity index is 1060. The lowest BCUT2D eigenvalue weighted by molar-refractivity contribution is -0.128. The van der Waals surface area contributed by atoms with Gasteiger partial charge in [0.1, 0.15) is 10.5 Å². The number of nitrogens with one attached hydrogen (secondary N) is 2. The van der Waals surface area contributed by atoms with E-state index in [2.05, 4.69) is 14.7 Å². The second-order valence-electron chi connectivity index (χ2n) is 6.27. The third kappa shape index (κ3) is 3.15. The summed E-state index contributed by atoms with van der Waals surface area (Å²) in [6.07, 6.45) is 4.55. The molecule has 0 atom stereocenters. The number of anilines is 1. The molecule has 0 aliphatic carbocycles. The fraction of sp³-hybridized carbons (Fsp3) is 0.222. The van der Waals surface area contributed by atoms with E-state index in [1.165, 1.54) is 6.20 Å². The summed E-state index contributed by atoms with van der Waals surface area (Å²) in [5.74, 6) is 0.169. The van der Waals surface area contributed by atoms with Gasteiger partial charge in [-0.05, 0) is 36.2 Å². The third-order valence-electron chi connectivity index (χ3n) is 4.45. The molecule has 1 aliphatic rings. The zero-order valence-corrected chi connectivity index (χ0v) is 14.8. The second-order valence-corrected chi connectivity index (χ2v) is 7.92. The van der Waals surface area contributed by atoms with Crippen LogP contribution in [0.4, 0.5) is 5.69 Å². The number of carbonyl (C=O) groups excluding carboxylic acids is 1. The lowest BCUT2D eigenvalue weighted by Gasteiger charge is -2.15. The van der Waals surface area contributed by atoms with Crippen molar-refractivity contribution < 1.29 is 13.2 Å². The number of nitrogens with zero attached hydrogens (tertiary/aromatic N) is 2. The Kier molecular flexibility index (Phi) is 4.12. The normalized spacial score (nSPS) is 14.9. The average Bonchev–Trinajstić information content (AvgIpc) is 3.23. The highest BCUT2D eigenvalue weighted by Crippen LogP contribution is 2.24. The van der Waals surface area contributed by atoms with Crippen molar-refractivity contribution in [3.8, 4) is 0 Å². The molecule has 1 fully saturated rings. The van der Waals surface area contributed by atoms with Crippen molar-refractivity contribution in [2.24, 2.45) is 0 Å². The summed E-state index contributed by atoms with van der Waals surface area (Å²) < 4.78 is 27.9. The van der Waals surface area contributed by atoms with Crippen LogP contribution < -0.4 is 4.72 Å². The van der Waals surface area contributed by atoms with E-state index in [9.17, 15) is 13.2 Å². The number of aromatic amines is 1. The Hall–Kier alpha value is -2.87. The number of pyridine rings is 1. The summed E-state index contributed by atoms with van der Waals surface area (Å²) in [6, 6.07) is 10.5. The van der Waals surface area contributed by atoms with E-state index in [4.69, 9.17) is 0 Å². The fourth-order valence-electron chi connectivity index (χ4n) is 3.13. The molecule has 1 aromatic carbocycles. The predicted molar refractivity (Wildman–Crippen MR) is 98.0 cm³/mol. The zero-order valence-electron chi connectivity index (χ0n) is 14.0. The van der Waals surface area contributed by atoms with E-state index in [0.717, 1.165) is 18.5 Å². The summed E-state index contributed by atoms with van der Waals surface area (Å²) in [5, 5.41) is 0.546. The molecular formula is C18H18N4O3S. The van der Waals surface area contributed by atoms with E-state index in [1.807, 2.05) is 17.0 Å². The molecule has 0 unspecified atom stereocenters. The molecule has 1 saturated heterocycles. The van der Waals surface area contributed by atoms with Crippen LogP contribution in [-0.2, 0) is 21.4 Å². The van der Waals surface area contributed by atoms with Gasteiger partial charge in [-0.25, -0.2) is 13.4 Å². The number of amides is 1. The van der Waals surface area contributed by atoms with Gasteiger partial charge in [-0.2, -0.15) is 0 Å². The van der Waals surface area contributed by atoms with Crippen LogP contribution in [0.3, 0.4) is 0 Å². The number of hydrogen-bond acceptors (Lipinski definition) is 4. The van der Waals surface area contributed by atoms with Gasteiger partial charge in [-0.1, -0.05) is 12.1 Å². The fourth-order valence-corrected chi connectivity index (χ4v) is 4.36. The minimum atomic E-state index is -3.73. The summed E-state index contributed by atoms with van der Waals surface area (Å²) in [5.41, 5.74) is 1.97. The van der Waals surface area contributed by atoms with Crippen LogP contribution in [0.2, 0.25) is 0 Å². The number of sulfonamides is 1. The van der Waals surface area contributed by atoms with Crippen LogP contribution in [0.1, 0.15) is 18.4 Å². The van der Waals surface area contributed by atoms with Crippen LogP contribution in [0.5, 0.6) is 0 Å². The first kappa shape index (κ1) is 16.6. The van der Waals surface area contributed by atoms with Crippen LogP contribution >= 0.6 is 0 Å². The third-order valence-corrected chi connectivity index (χ3v) is 5.87. The predicted octanol–water partition coefficient (Wildman–Crippen LogP) is 2.49. The zero-order chi connectivity index (χ0) is 18.1. The summed E-state index contributed by atoms with van der Waals surface area (Å²) in [7, 11) is -3.73. The number of rotatable bonds is 5. The Morgan fingerprint density at radius 3 is 2.73 bits per heavy atom. The standard InChI is InChI=1S/C18H18N4O3S/c23-17-4-2-10-22(17)12-13-5-7-14(8-6-13)21-26(24,25)16-11-20-18-15(16)3-1-9-19-18/h1,3,5-9,11,21H,2,4,10,12H2,(H,19,20). The van der Waals surface area contributed by atoms with Gasteiger partial charge in [0, 0.05) is 43.0 Å². The molecule has 8 heteroatoms. The molecule has 1 amide bonds. The maximum Gasteiger partial charge on any atom is 0.264 e. The lowest BCUT2D eigenvalue weighted by Crippen LogP contribution is -2.23. The van der Waals surface area contributed by atoms with Gasteiger partial charge in [0.05, 0.1) is 0 Å². The number of hydrogen-bond donors (Lipinski definition) is 2. The maximum absolute atomic E-state index is 12.7. The highest BCUT2D eigenvalue weighted by atomic mass is 32.2. The number of likely N-dealkylation sites (tertiary alicyclic amines) is 1. The van der Waals surface area contributed by atoms with Crippen LogP contribution in [0.25, 0.3) is 11.0 Å². The van der Waals surface area contributed by atoms with Crippen molar-refractivity contribution in [1.82, 2.24) is 14.9 Å². The number of aromatic nitrogens is 2. The Morgan fingerprint density at radius 1 is 1.19 bits per heavy atom. The van der Waals surface area contributed by atoms with E-state index in [1.54, 1.807) is 30.5 Å². The molecule has 0 spiro atoms. The lowest BCUT2D eigenvalue weighted by atomic mass is 10.2. The molecule has 3 aromatic rings. The number of H-pyrrole nitrogens is 1. The van der Waals surface area contributed by atoms with Crippen LogP contribution in [0.15, 0.2) is 53.7 Å². The van der Waals surface area contributed by atoms with Gasteiger partial charge in [0.2, 0.25) is 5.91 Å². The van der Waals surface area contributed by atoms with Crippen molar-refractivity contribution >= 4 is 32.7 Å². The summed E-state index contributed by atoms with van der Waals surface area (Å²) in [4.78, 5) is 20.6.